The number of benzene rings is 2. The molecular weight excluding hydrogens is 412 g/mol. The minimum absolute atomic E-state index is 0.259. The Morgan fingerprint density at radius 1 is 0.970 bits per heavy atom. The number of Topliss-reactive ketones (excluding diaryl/α,β-unsaturated/α-hetero) is 1. The van der Waals surface area contributed by atoms with E-state index in [0.29, 0.717) is 5.56 Å². The van der Waals surface area contributed by atoms with Crippen molar-refractivity contribution < 1.29 is 9.90 Å². The van der Waals surface area contributed by atoms with E-state index in [1.807, 2.05) is 73.7 Å². The third-order valence-electron chi connectivity index (χ3n) is 6.52. The van der Waals surface area contributed by atoms with Crippen LogP contribution in [0.5, 0.6) is 0 Å². The molecule has 168 valence electrons. The number of para-hydroxylation sites is 1. The van der Waals surface area contributed by atoms with Gasteiger partial charge in [-0.2, -0.15) is 0 Å². The van der Waals surface area contributed by atoms with Gasteiger partial charge in [0.15, 0.2) is 5.78 Å². The number of fused-ring (bicyclic) bond motifs is 1. The van der Waals surface area contributed by atoms with Crippen LogP contribution < -0.4 is 4.90 Å². The molecule has 3 heterocycles. The van der Waals surface area contributed by atoms with E-state index >= 15 is 0 Å². The van der Waals surface area contributed by atoms with Crippen molar-refractivity contribution >= 4 is 22.5 Å². The normalized spacial score (nSPS) is 16.6. The van der Waals surface area contributed by atoms with Crippen molar-refractivity contribution in [1.82, 2.24) is 14.9 Å². The van der Waals surface area contributed by atoms with E-state index in [1.165, 1.54) is 0 Å². The minimum atomic E-state index is -1.17. The van der Waals surface area contributed by atoms with Gasteiger partial charge in [-0.1, -0.05) is 54.1 Å². The predicted molar refractivity (Wildman–Crippen MR) is 131 cm³/mol. The number of ketones is 1. The molecule has 2 aromatic heterocycles. The summed E-state index contributed by atoms with van der Waals surface area (Å²) in [6.07, 6.45) is 2.34. The fraction of sp³-hybridized carbons (Fsp3) is 0.259. The van der Waals surface area contributed by atoms with Crippen molar-refractivity contribution in [2.45, 2.75) is 19.1 Å². The predicted octanol–water partition coefficient (Wildman–Crippen LogP) is 3.98. The number of hydrogen-bond donors (Lipinski definition) is 2. The lowest BCUT2D eigenvalue weighted by atomic mass is 9.92. The number of nitrogens with zero attached hydrogens (tertiary/aromatic N) is 3. The molecule has 1 aliphatic heterocycles. The smallest absolute Gasteiger partial charge is 0.195 e. The number of aliphatic hydroxyl groups excluding tert-OH is 1. The fourth-order valence-electron chi connectivity index (χ4n) is 4.70. The monoisotopic (exact) mass is 440 g/mol. The number of aromatic amines is 1. The van der Waals surface area contributed by atoms with Gasteiger partial charge in [0.25, 0.3) is 0 Å². The van der Waals surface area contributed by atoms with Crippen LogP contribution in [0, 0.1) is 6.92 Å². The average Bonchev–Trinajstić information content (AvgIpc) is 3.30. The van der Waals surface area contributed by atoms with Gasteiger partial charge in [-0.25, -0.2) is 4.98 Å². The summed E-state index contributed by atoms with van der Waals surface area (Å²) in [6, 6.07) is 21.3. The Kier molecular flexibility index (Phi) is 5.94. The Hall–Kier alpha value is -3.48. The summed E-state index contributed by atoms with van der Waals surface area (Å²) in [7, 11) is 0. The largest absolute Gasteiger partial charge is 0.383 e. The first-order valence-corrected chi connectivity index (χ1v) is 11.4. The Morgan fingerprint density at radius 2 is 1.70 bits per heavy atom. The Balaban J connectivity index is 1.42. The van der Waals surface area contributed by atoms with Crippen LogP contribution in [0.25, 0.3) is 10.9 Å². The molecule has 0 amide bonds. The summed E-state index contributed by atoms with van der Waals surface area (Å²) in [5.74, 6) is 0.699. The standard InChI is InChI=1S/C27H28N4O2/c1-19-9-11-20(12-10-19)25(31-16-14-30(15-17-31)24-8-4-5-13-28-24)27(33)26(32)22-18-29-23-7-3-2-6-21(22)23/h2-13,18,25,27,29,33H,14-17H2,1H3. The van der Waals surface area contributed by atoms with Crippen molar-refractivity contribution in [2.75, 3.05) is 31.1 Å². The first-order valence-electron chi connectivity index (χ1n) is 11.4. The van der Waals surface area contributed by atoms with E-state index in [2.05, 4.69) is 19.8 Å². The quantitative estimate of drug-likeness (QED) is 0.444. The second kappa shape index (κ2) is 9.17. The second-order valence-corrected chi connectivity index (χ2v) is 8.62. The molecule has 2 aromatic carbocycles. The highest BCUT2D eigenvalue weighted by Gasteiger charge is 2.35. The Morgan fingerprint density at radius 3 is 2.42 bits per heavy atom. The van der Waals surface area contributed by atoms with Gasteiger partial charge in [0, 0.05) is 55.0 Å². The molecule has 0 radical (unpaired) electrons. The molecule has 6 heteroatoms. The van der Waals surface area contributed by atoms with E-state index in [0.717, 1.165) is 54.0 Å². The van der Waals surface area contributed by atoms with Gasteiger partial charge in [0.1, 0.15) is 11.9 Å². The van der Waals surface area contributed by atoms with E-state index in [4.69, 9.17) is 0 Å². The molecule has 2 atom stereocenters. The molecule has 1 saturated heterocycles. The molecule has 0 bridgehead atoms. The number of aliphatic hydroxyl groups is 1. The summed E-state index contributed by atoms with van der Waals surface area (Å²) in [6.45, 7) is 5.07. The lowest BCUT2D eigenvalue weighted by Gasteiger charge is -2.41. The van der Waals surface area contributed by atoms with Gasteiger partial charge >= 0.3 is 0 Å². The van der Waals surface area contributed by atoms with Crippen LogP contribution in [0.15, 0.2) is 79.1 Å². The summed E-state index contributed by atoms with van der Waals surface area (Å²) in [5, 5.41) is 12.3. The number of piperazine rings is 1. The zero-order chi connectivity index (χ0) is 22.8. The average molecular weight is 441 g/mol. The number of aryl methyl sites for hydroxylation is 1. The number of carbonyl (C=O) groups is 1. The highest BCUT2D eigenvalue weighted by atomic mass is 16.3. The molecule has 1 fully saturated rings. The van der Waals surface area contributed by atoms with Gasteiger partial charge in [-0.15, -0.1) is 0 Å². The van der Waals surface area contributed by atoms with Gasteiger partial charge in [-0.3, -0.25) is 9.69 Å². The maximum absolute atomic E-state index is 13.5. The SMILES string of the molecule is Cc1ccc(C(C(O)C(=O)c2c[nH]c3ccccc23)N2CCN(c3ccccn3)CC2)cc1. The summed E-state index contributed by atoms with van der Waals surface area (Å²) in [5.41, 5.74) is 3.52. The topological polar surface area (TPSA) is 72.5 Å². The number of aromatic nitrogens is 2. The van der Waals surface area contributed by atoms with Crippen LogP contribution in [-0.4, -0.2) is 58.0 Å². The maximum Gasteiger partial charge on any atom is 0.195 e. The summed E-state index contributed by atoms with van der Waals surface area (Å²) >= 11 is 0. The zero-order valence-corrected chi connectivity index (χ0v) is 18.7. The van der Waals surface area contributed by atoms with E-state index in [1.54, 1.807) is 12.4 Å². The van der Waals surface area contributed by atoms with Crippen molar-refractivity contribution in [1.29, 1.82) is 0 Å². The van der Waals surface area contributed by atoms with Gasteiger partial charge in [0.2, 0.25) is 0 Å². The van der Waals surface area contributed by atoms with Crippen LogP contribution in [0.4, 0.5) is 5.82 Å². The number of rotatable bonds is 6. The molecule has 0 spiro atoms. The van der Waals surface area contributed by atoms with Gasteiger partial charge in [0.05, 0.1) is 6.04 Å². The van der Waals surface area contributed by atoms with E-state index < -0.39 is 12.1 Å². The number of anilines is 1. The van der Waals surface area contributed by atoms with Crippen LogP contribution in [-0.2, 0) is 0 Å². The lowest BCUT2D eigenvalue weighted by Crippen LogP contribution is -2.51. The van der Waals surface area contributed by atoms with Crippen molar-refractivity contribution in [3.05, 3.63) is 95.8 Å². The number of pyridine rings is 1. The molecule has 1 aliphatic rings. The maximum atomic E-state index is 13.5. The van der Waals surface area contributed by atoms with Crippen LogP contribution in [0.1, 0.15) is 27.5 Å². The molecule has 6 nitrogen and oxygen atoms in total. The molecular formula is C27H28N4O2. The zero-order valence-electron chi connectivity index (χ0n) is 18.7. The number of nitrogens with one attached hydrogen (secondary N) is 1. The third-order valence-corrected chi connectivity index (χ3v) is 6.52. The summed E-state index contributed by atoms with van der Waals surface area (Å²) in [4.78, 5) is 25.6. The van der Waals surface area contributed by atoms with Crippen LogP contribution >= 0.6 is 0 Å². The van der Waals surface area contributed by atoms with Crippen molar-refractivity contribution in [3.8, 4) is 0 Å². The molecule has 0 saturated carbocycles. The third kappa shape index (κ3) is 4.27. The first-order chi connectivity index (χ1) is 16.1. The molecule has 33 heavy (non-hydrogen) atoms. The van der Waals surface area contributed by atoms with Crippen molar-refractivity contribution in [2.24, 2.45) is 0 Å². The van der Waals surface area contributed by atoms with E-state index in [-0.39, 0.29) is 5.78 Å². The minimum Gasteiger partial charge on any atom is -0.383 e. The fourth-order valence-corrected chi connectivity index (χ4v) is 4.70. The molecule has 0 aliphatic carbocycles. The number of hydrogen-bond acceptors (Lipinski definition) is 5. The first kappa shape index (κ1) is 21.4. The Labute approximate surface area is 193 Å². The van der Waals surface area contributed by atoms with Gasteiger partial charge in [-0.05, 0) is 30.7 Å². The molecule has 4 aromatic rings. The van der Waals surface area contributed by atoms with Gasteiger partial charge < -0.3 is 15.0 Å². The second-order valence-electron chi connectivity index (χ2n) is 8.62. The molecule has 2 unspecified atom stereocenters. The van der Waals surface area contributed by atoms with Crippen LogP contribution in [0.3, 0.4) is 0 Å². The summed E-state index contributed by atoms with van der Waals surface area (Å²) < 4.78 is 0. The molecule has 5 rings (SSSR count). The van der Waals surface area contributed by atoms with Crippen LogP contribution in [0.2, 0.25) is 0 Å². The lowest BCUT2D eigenvalue weighted by molar-refractivity contribution is 0.0365. The highest BCUT2D eigenvalue weighted by molar-refractivity contribution is 6.10. The van der Waals surface area contributed by atoms with Crippen molar-refractivity contribution in [3.63, 3.8) is 0 Å². The van der Waals surface area contributed by atoms with E-state index in [9.17, 15) is 9.90 Å². The number of H-pyrrole nitrogens is 1. The number of carbonyl (C=O) groups excluding carboxylic acids is 1. The Bertz CT molecular complexity index is 1230. The highest BCUT2D eigenvalue weighted by Crippen LogP contribution is 2.30. The molecule has 2 N–H and O–H groups in total.